The number of hydrogen-bond donors (Lipinski definition) is 2. The number of carbonyl (C=O) groups is 1. The van der Waals surface area contributed by atoms with Crippen LogP contribution in [0.15, 0.2) is 30.3 Å². The largest absolute Gasteiger partial charge is 0.494 e. The average Bonchev–Trinajstić information content (AvgIpc) is 2.92. The Morgan fingerprint density at radius 2 is 2.15 bits per heavy atom. The molecule has 0 atom stereocenters. The zero-order valence-electron chi connectivity index (χ0n) is 11.1. The molecule has 0 aliphatic carbocycles. The molecule has 1 heterocycles. The fourth-order valence-corrected chi connectivity index (χ4v) is 1.53. The Hall–Kier alpha value is -2.57. The highest BCUT2D eigenvalue weighted by molar-refractivity contribution is 5.88. The topological polar surface area (TPSA) is 89.1 Å². The minimum Gasteiger partial charge on any atom is -0.494 e. The minimum absolute atomic E-state index is 0.152. The van der Waals surface area contributed by atoms with Crippen LogP contribution in [0.4, 0.5) is 5.95 Å². The molecule has 2 N–H and O–H groups in total. The number of H-pyrrole nitrogens is 1. The Balaban J connectivity index is 1.65. The average molecular weight is 276 g/mol. The highest BCUT2D eigenvalue weighted by Crippen LogP contribution is 2.09. The van der Waals surface area contributed by atoms with Gasteiger partial charge in [0.25, 0.3) is 0 Å². The summed E-state index contributed by atoms with van der Waals surface area (Å²) in [6.07, 6.45) is 0.960. The lowest BCUT2D eigenvalue weighted by Gasteiger charge is -2.05. The third-order valence-corrected chi connectivity index (χ3v) is 2.47. The highest BCUT2D eigenvalue weighted by Gasteiger charge is 2.07. The van der Waals surface area contributed by atoms with E-state index in [9.17, 15) is 4.79 Å². The number of nitrogens with zero attached hydrogens (tertiary/aromatic N) is 2. The molecule has 106 valence electrons. The second-order valence-corrected chi connectivity index (χ2v) is 3.98. The van der Waals surface area contributed by atoms with Crippen molar-refractivity contribution < 1.29 is 14.3 Å². The molecule has 1 aromatic heterocycles. The summed E-state index contributed by atoms with van der Waals surface area (Å²) in [7, 11) is 1.45. The molecule has 2 rings (SSSR count). The van der Waals surface area contributed by atoms with Crippen molar-refractivity contribution in [1.82, 2.24) is 15.2 Å². The predicted octanol–water partition coefficient (Wildman–Crippen LogP) is 1.61. The van der Waals surface area contributed by atoms with Gasteiger partial charge in [0.05, 0.1) is 13.7 Å². The van der Waals surface area contributed by atoms with Gasteiger partial charge in [0.2, 0.25) is 11.9 Å². The van der Waals surface area contributed by atoms with E-state index in [2.05, 4.69) is 20.5 Å². The molecule has 7 nitrogen and oxygen atoms in total. The van der Waals surface area contributed by atoms with E-state index in [0.717, 1.165) is 5.75 Å². The normalized spacial score (nSPS) is 10.1. The number of aromatic amines is 1. The lowest BCUT2D eigenvalue weighted by molar-refractivity contribution is -0.116. The monoisotopic (exact) mass is 276 g/mol. The summed E-state index contributed by atoms with van der Waals surface area (Å²) >= 11 is 0. The van der Waals surface area contributed by atoms with E-state index in [1.807, 2.05) is 30.3 Å². The van der Waals surface area contributed by atoms with Gasteiger partial charge in [-0.2, -0.15) is 4.98 Å². The fraction of sp³-hybridized carbons (Fsp3) is 0.308. The first-order valence-corrected chi connectivity index (χ1v) is 6.22. The van der Waals surface area contributed by atoms with Crippen LogP contribution in [0.1, 0.15) is 12.8 Å². The standard InChI is InChI=1S/C13H16N4O3/c1-19-13-15-12(16-17-13)14-11(18)8-5-9-20-10-6-3-2-4-7-10/h2-4,6-7H,5,8-9H2,1H3,(H2,14,15,16,17,18). The third-order valence-electron chi connectivity index (χ3n) is 2.47. The van der Waals surface area contributed by atoms with Gasteiger partial charge in [0, 0.05) is 6.42 Å². The molecule has 0 aliphatic rings. The van der Waals surface area contributed by atoms with Crippen LogP contribution in [0.2, 0.25) is 0 Å². The molecule has 7 heteroatoms. The minimum atomic E-state index is -0.152. The summed E-state index contributed by atoms with van der Waals surface area (Å²) in [5.41, 5.74) is 0. The van der Waals surface area contributed by atoms with Crippen LogP contribution in [0.25, 0.3) is 0 Å². The van der Waals surface area contributed by atoms with E-state index in [4.69, 9.17) is 9.47 Å². The lowest BCUT2D eigenvalue weighted by atomic mass is 10.3. The Morgan fingerprint density at radius 3 is 2.85 bits per heavy atom. The first-order chi connectivity index (χ1) is 9.78. The Labute approximate surface area is 116 Å². The van der Waals surface area contributed by atoms with Crippen LogP contribution in [0.3, 0.4) is 0 Å². The van der Waals surface area contributed by atoms with Crippen molar-refractivity contribution in [3.8, 4) is 11.8 Å². The second-order valence-electron chi connectivity index (χ2n) is 3.98. The molecule has 0 saturated carbocycles. The van der Waals surface area contributed by atoms with Gasteiger partial charge in [-0.15, -0.1) is 5.10 Å². The van der Waals surface area contributed by atoms with Crippen molar-refractivity contribution in [3.63, 3.8) is 0 Å². The molecule has 0 saturated heterocycles. The van der Waals surface area contributed by atoms with E-state index < -0.39 is 0 Å². The number of rotatable bonds is 7. The Bertz CT molecular complexity index is 542. The molecule has 2 aromatic rings. The van der Waals surface area contributed by atoms with Gasteiger partial charge in [0.15, 0.2) is 0 Å². The number of ether oxygens (including phenoxy) is 2. The maximum atomic E-state index is 11.6. The quantitative estimate of drug-likeness (QED) is 0.750. The smallest absolute Gasteiger partial charge is 0.336 e. The first kappa shape index (κ1) is 13.9. The van der Waals surface area contributed by atoms with Gasteiger partial charge in [-0.3, -0.25) is 10.1 Å². The maximum absolute atomic E-state index is 11.6. The predicted molar refractivity (Wildman–Crippen MR) is 72.7 cm³/mol. The molecule has 20 heavy (non-hydrogen) atoms. The number of benzene rings is 1. The van der Waals surface area contributed by atoms with Crippen molar-refractivity contribution in [2.45, 2.75) is 12.8 Å². The summed E-state index contributed by atoms with van der Waals surface area (Å²) in [6.45, 7) is 0.483. The third kappa shape index (κ3) is 4.27. The van der Waals surface area contributed by atoms with Gasteiger partial charge in [-0.1, -0.05) is 18.2 Å². The van der Waals surface area contributed by atoms with Crippen molar-refractivity contribution in [3.05, 3.63) is 30.3 Å². The number of methoxy groups -OCH3 is 1. The van der Waals surface area contributed by atoms with Gasteiger partial charge < -0.3 is 9.47 Å². The molecule has 0 aliphatic heterocycles. The number of para-hydroxylation sites is 1. The second kappa shape index (κ2) is 7.13. The van der Waals surface area contributed by atoms with E-state index in [-0.39, 0.29) is 17.9 Å². The molecule has 0 spiro atoms. The van der Waals surface area contributed by atoms with Gasteiger partial charge in [-0.25, -0.2) is 5.10 Å². The molecule has 1 amide bonds. The number of hydrogen-bond acceptors (Lipinski definition) is 5. The van der Waals surface area contributed by atoms with Crippen LogP contribution >= 0.6 is 0 Å². The number of aromatic nitrogens is 3. The van der Waals surface area contributed by atoms with Crippen LogP contribution in [-0.2, 0) is 4.79 Å². The van der Waals surface area contributed by atoms with Crippen molar-refractivity contribution in [2.24, 2.45) is 0 Å². The molecular weight excluding hydrogens is 260 g/mol. The molecule has 0 fully saturated rings. The maximum Gasteiger partial charge on any atom is 0.336 e. The van der Waals surface area contributed by atoms with E-state index in [1.165, 1.54) is 7.11 Å². The molecular formula is C13H16N4O3. The summed E-state index contributed by atoms with van der Waals surface area (Å²) in [4.78, 5) is 15.5. The van der Waals surface area contributed by atoms with Crippen LogP contribution < -0.4 is 14.8 Å². The Kier molecular flexibility index (Phi) is 4.94. The van der Waals surface area contributed by atoms with Gasteiger partial charge in [0.1, 0.15) is 5.75 Å². The highest BCUT2D eigenvalue weighted by atomic mass is 16.5. The van der Waals surface area contributed by atoms with Gasteiger partial charge in [-0.05, 0) is 18.6 Å². The number of nitrogens with one attached hydrogen (secondary N) is 2. The van der Waals surface area contributed by atoms with Crippen molar-refractivity contribution >= 4 is 11.9 Å². The molecule has 0 unspecified atom stereocenters. The zero-order valence-corrected chi connectivity index (χ0v) is 11.1. The van der Waals surface area contributed by atoms with Crippen molar-refractivity contribution in [1.29, 1.82) is 0 Å². The first-order valence-electron chi connectivity index (χ1n) is 6.22. The molecule has 0 bridgehead atoms. The van der Waals surface area contributed by atoms with E-state index in [0.29, 0.717) is 19.4 Å². The summed E-state index contributed by atoms with van der Waals surface area (Å²) < 4.78 is 10.3. The van der Waals surface area contributed by atoms with E-state index in [1.54, 1.807) is 0 Å². The zero-order chi connectivity index (χ0) is 14.2. The van der Waals surface area contributed by atoms with Crippen LogP contribution in [-0.4, -0.2) is 34.8 Å². The summed E-state index contributed by atoms with van der Waals surface area (Å²) in [6, 6.07) is 9.67. The van der Waals surface area contributed by atoms with Crippen molar-refractivity contribution in [2.75, 3.05) is 19.0 Å². The fourth-order valence-electron chi connectivity index (χ4n) is 1.53. The van der Waals surface area contributed by atoms with Gasteiger partial charge >= 0.3 is 6.01 Å². The van der Waals surface area contributed by atoms with Crippen LogP contribution in [0, 0.1) is 0 Å². The molecule has 0 radical (unpaired) electrons. The lowest BCUT2D eigenvalue weighted by Crippen LogP contribution is -2.13. The molecule has 1 aromatic carbocycles. The Morgan fingerprint density at radius 1 is 1.35 bits per heavy atom. The number of anilines is 1. The van der Waals surface area contributed by atoms with E-state index >= 15 is 0 Å². The van der Waals surface area contributed by atoms with Crippen LogP contribution in [0.5, 0.6) is 11.8 Å². The SMILES string of the molecule is COc1n[nH]c(NC(=O)CCCOc2ccccc2)n1. The summed E-state index contributed by atoms with van der Waals surface area (Å²) in [5.74, 6) is 0.921. The summed E-state index contributed by atoms with van der Waals surface area (Å²) in [5, 5.41) is 8.87. The number of amides is 1. The number of carbonyl (C=O) groups excluding carboxylic acids is 1.